The minimum absolute atomic E-state index is 0.0438. The second-order valence-corrected chi connectivity index (χ2v) is 6.46. The Hall–Kier alpha value is -1.92. The molecule has 0 saturated carbocycles. The van der Waals surface area contributed by atoms with Crippen molar-refractivity contribution in [1.29, 1.82) is 0 Å². The van der Waals surface area contributed by atoms with E-state index < -0.39 is 6.10 Å². The second-order valence-electron chi connectivity index (χ2n) is 6.46. The fourth-order valence-electron chi connectivity index (χ4n) is 3.60. The number of aliphatic hydroxyl groups is 1. The van der Waals surface area contributed by atoms with Crippen LogP contribution in [0.25, 0.3) is 22.1 Å². The number of aromatic nitrogens is 4. The molecule has 1 saturated heterocycles. The molecule has 6 nitrogen and oxygen atoms in total. The van der Waals surface area contributed by atoms with Crippen molar-refractivity contribution in [3.63, 3.8) is 0 Å². The number of rotatable bonds is 2. The first-order valence-electron chi connectivity index (χ1n) is 7.84. The first-order valence-corrected chi connectivity index (χ1v) is 7.84. The molecule has 0 radical (unpaired) electrons. The zero-order chi connectivity index (χ0) is 15.3. The first-order chi connectivity index (χ1) is 10.6. The summed E-state index contributed by atoms with van der Waals surface area (Å²) in [5.74, 6) is 0.731. The molecule has 3 aromatic rings. The summed E-state index contributed by atoms with van der Waals surface area (Å²) < 4.78 is 2.26. The number of hydrogen-bond donors (Lipinski definition) is 3. The predicted molar refractivity (Wildman–Crippen MR) is 85.8 cm³/mol. The lowest BCUT2D eigenvalue weighted by Crippen LogP contribution is -2.42. The highest BCUT2D eigenvalue weighted by atomic mass is 16.3. The average molecular weight is 299 g/mol. The SMILES string of the molecule is CC(O)c1nc2cnc3[nH]ccc3c2n1C1(C)CCNCC1. The molecule has 0 aromatic carbocycles. The van der Waals surface area contributed by atoms with Crippen molar-refractivity contribution in [1.82, 2.24) is 24.8 Å². The normalized spacial score (nSPS) is 19.8. The third-order valence-corrected chi connectivity index (χ3v) is 4.82. The molecule has 0 amide bonds. The van der Waals surface area contributed by atoms with Crippen LogP contribution in [0, 0.1) is 0 Å². The van der Waals surface area contributed by atoms with Gasteiger partial charge in [0, 0.05) is 17.1 Å². The number of nitrogens with one attached hydrogen (secondary N) is 2. The minimum atomic E-state index is -0.604. The number of fused-ring (bicyclic) bond motifs is 3. The van der Waals surface area contributed by atoms with Crippen LogP contribution < -0.4 is 5.32 Å². The molecular weight excluding hydrogens is 278 g/mol. The molecule has 116 valence electrons. The molecule has 0 bridgehead atoms. The predicted octanol–water partition coefficient (Wildman–Crippen LogP) is 2.06. The number of aliphatic hydroxyl groups excluding tert-OH is 1. The van der Waals surface area contributed by atoms with E-state index in [0.717, 1.165) is 53.8 Å². The maximum Gasteiger partial charge on any atom is 0.139 e. The van der Waals surface area contributed by atoms with Gasteiger partial charge in [0.25, 0.3) is 0 Å². The summed E-state index contributed by atoms with van der Waals surface area (Å²) in [5.41, 5.74) is 2.75. The largest absolute Gasteiger partial charge is 0.385 e. The van der Waals surface area contributed by atoms with E-state index in [2.05, 4.69) is 31.8 Å². The molecule has 4 rings (SSSR count). The van der Waals surface area contributed by atoms with Crippen LogP contribution in [0.2, 0.25) is 0 Å². The number of imidazole rings is 1. The number of hydrogen-bond acceptors (Lipinski definition) is 4. The summed E-state index contributed by atoms with van der Waals surface area (Å²) in [7, 11) is 0. The van der Waals surface area contributed by atoms with Crippen LogP contribution in [0.3, 0.4) is 0 Å². The van der Waals surface area contributed by atoms with E-state index >= 15 is 0 Å². The zero-order valence-electron chi connectivity index (χ0n) is 12.9. The molecule has 22 heavy (non-hydrogen) atoms. The number of H-pyrrole nitrogens is 1. The Balaban J connectivity index is 2.08. The van der Waals surface area contributed by atoms with Gasteiger partial charge in [-0.2, -0.15) is 0 Å². The number of nitrogens with zero attached hydrogens (tertiary/aromatic N) is 3. The highest BCUT2D eigenvalue weighted by Crippen LogP contribution is 2.36. The Bertz CT molecular complexity index is 826. The Labute approximate surface area is 128 Å². The number of aromatic amines is 1. The van der Waals surface area contributed by atoms with Crippen LogP contribution in [-0.2, 0) is 5.54 Å². The average Bonchev–Trinajstić information content (AvgIpc) is 3.11. The van der Waals surface area contributed by atoms with Crippen LogP contribution in [0.5, 0.6) is 0 Å². The third kappa shape index (κ3) is 1.87. The van der Waals surface area contributed by atoms with Crippen LogP contribution in [0.4, 0.5) is 0 Å². The van der Waals surface area contributed by atoms with Crippen LogP contribution in [0.1, 0.15) is 38.6 Å². The van der Waals surface area contributed by atoms with Crippen molar-refractivity contribution in [3.8, 4) is 0 Å². The van der Waals surface area contributed by atoms with Gasteiger partial charge in [-0.3, -0.25) is 0 Å². The van der Waals surface area contributed by atoms with Crippen molar-refractivity contribution >= 4 is 22.1 Å². The fourth-order valence-corrected chi connectivity index (χ4v) is 3.60. The maximum absolute atomic E-state index is 10.2. The highest BCUT2D eigenvalue weighted by Gasteiger charge is 2.34. The van der Waals surface area contributed by atoms with Crippen molar-refractivity contribution in [2.24, 2.45) is 0 Å². The van der Waals surface area contributed by atoms with E-state index in [0.29, 0.717) is 0 Å². The number of pyridine rings is 1. The summed E-state index contributed by atoms with van der Waals surface area (Å²) >= 11 is 0. The van der Waals surface area contributed by atoms with Crippen molar-refractivity contribution in [3.05, 3.63) is 24.3 Å². The van der Waals surface area contributed by atoms with E-state index in [1.165, 1.54) is 0 Å². The summed E-state index contributed by atoms with van der Waals surface area (Å²) in [6.45, 7) is 6.01. The lowest BCUT2D eigenvalue weighted by molar-refractivity contribution is 0.159. The van der Waals surface area contributed by atoms with Crippen LogP contribution in [-0.4, -0.2) is 37.7 Å². The molecule has 1 aliphatic rings. The monoisotopic (exact) mass is 299 g/mol. The van der Waals surface area contributed by atoms with Gasteiger partial charge in [-0.25, -0.2) is 9.97 Å². The van der Waals surface area contributed by atoms with Crippen molar-refractivity contribution in [2.75, 3.05) is 13.1 Å². The summed E-state index contributed by atoms with van der Waals surface area (Å²) in [4.78, 5) is 12.3. The molecule has 1 unspecified atom stereocenters. The maximum atomic E-state index is 10.2. The third-order valence-electron chi connectivity index (χ3n) is 4.82. The molecule has 0 spiro atoms. The van der Waals surface area contributed by atoms with Gasteiger partial charge in [-0.05, 0) is 45.8 Å². The Morgan fingerprint density at radius 3 is 2.86 bits per heavy atom. The van der Waals surface area contributed by atoms with Gasteiger partial charge < -0.3 is 20.0 Å². The van der Waals surface area contributed by atoms with E-state index in [1.807, 2.05) is 12.3 Å². The molecule has 3 N–H and O–H groups in total. The molecule has 1 aliphatic heterocycles. The van der Waals surface area contributed by atoms with Crippen molar-refractivity contribution in [2.45, 2.75) is 38.3 Å². The van der Waals surface area contributed by atoms with Crippen LogP contribution in [0.15, 0.2) is 18.5 Å². The molecule has 0 aliphatic carbocycles. The summed E-state index contributed by atoms with van der Waals surface area (Å²) in [6.07, 6.45) is 5.13. The zero-order valence-corrected chi connectivity index (χ0v) is 12.9. The van der Waals surface area contributed by atoms with Gasteiger partial charge in [-0.1, -0.05) is 0 Å². The lowest BCUT2D eigenvalue weighted by atomic mass is 9.89. The van der Waals surface area contributed by atoms with Gasteiger partial charge in [0.15, 0.2) is 0 Å². The molecule has 4 heterocycles. The Kier molecular flexibility index (Phi) is 2.99. The number of piperidine rings is 1. The lowest BCUT2D eigenvalue weighted by Gasteiger charge is -2.37. The summed E-state index contributed by atoms with van der Waals surface area (Å²) in [5, 5.41) is 14.7. The van der Waals surface area contributed by atoms with Gasteiger partial charge >= 0.3 is 0 Å². The standard InChI is InChI=1S/C16H21N5O/c1-10(22)15-20-12-9-19-14-11(3-6-18-14)13(12)21(15)16(2)4-7-17-8-5-16/h3,6,9-10,17,22H,4-5,7-8H2,1-2H3,(H,18,19). The van der Waals surface area contributed by atoms with E-state index in [1.54, 1.807) is 13.1 Å². The Morgan fingerprint density at radius 2 is 2.14 bits per heavy atom. The first kappa shape index (κ1) is 13.7. The minimum Gasteiger partial charge on any atom is -0.385 e. The smallest absolute Gasteiger partial charge is 0.139 e. The van der Waals surface area contributed by atoms with Gasteiger partial charge in [0.2, 0.25) is 0 Å². The van der Waals surface area contributed by atoms with Crippen molar-refractivity contribution < 1.29 is 5.11 Å². The quantitative estimate of drug-likeness (QED) is 0.677. The highest BCUT2D eigenvalue weighted by molar-refractivity contribution is 6.01. The molecule has 3 aromatic heterocycles. The topological polar surface area (TPSA) is 78.8 Å². The van der Waals surface area contributed by atoms with Gasteiger partial charge in [-0.15, -0.1) is 0 Å². The van der Waals surface area contributed by atoms with Gasteiger partial charge in [0.05, 0.1) is 11.7 Å². The molecular formula is C16H21N5O. The van der Waals surface area contributed by atoms with E-state index in [-0.39, 0.29) is 5.54 Å². The van der Waals surface area contributed by atoms with E-state index in [4.69, 9.17) is 0 Å². The second kappa shape index (κ2) is 4.79. The fraction of sp³-hybridized carbons (Fsp3) is 0.500. The molecule has 6 heteroatoms. The van der Waals surface area contributed by atoms with Gasteiger partial charge in [0.1, 0.15) is 23.1 Å². The molecule has 1 atom stereocenters. The van der Waals surface area contributed by atoms with Crippen LogP contribution >= 0.6 is 0 Å². The molecule has 1 fully saturated rings. The summed E-state index contributed by atoms with van der Waals surface area (Å²) in [6, 6.07) is 2.04. The Morgan fingerprint density at radius 1 is 1.36 bits per heavy atom. The van der Waals surface area contributed by atoms with E-state index in [9.17, 15) is 5.11 Å².